The van der Waals surface area contributed by atoms with Crippen LogP contribution in [0.2, 0.25) is 0 Å². The number of benzene rings is 1. The van der Waals surface area contributed by atoms with E-state index in [-0.39, 0.29) is 6.04 Å². The number of fused-ring (bicyclic) bond motifs is 1. The van der Waals surface area contributed by atoms with Crippen LogP contribution in [0.3, 0.4) is 0 Å². The van der Waals surface area contributed by atoms with Gasteiger partial charge in [-0.2, -0.15) is 0 Å². The number of nitrogens with two attached hydrogens (primary N) is 1. The van der Waals surface area contributed by atoms with Crippen LogP contribution in [0, 0.1) is 0 Å². The maximum Gasteiger partial charge on any atom is 0.316 e. The molecule has 0 bridgehead atoms. The molecule has 0 saturated heterocycles. The van der Waals surface area contributed by atoms with Crippen LogP contribution in [0.15, 0.2) is 42.0 Å². The van der Waals surface area contributed by atoms with E-state index in [2.05, 4.69) is 32.9 Å². The van der Waals surface area contributed by atoms with E-state index >= 15 is 0 Å². The fourth-order valence-corrected chi connectivity index (χ4v) is 3.16. The van der Waals surface area contributed by atoms with Crippen molar-refractivity contribution in [3.8, 4) is 6.01 Å². The van der Waals surface area contributed by atoms with Gasteiger partial charge in [-0.25, -0.2) is 15.4 Å². The van der Waals surface area contributed by atoms with Gasteiger partial charge in [0.1, 0.15) is 0 Å². The summed E-state index contributed by atoms with van der Waals surface area (Å²) < 4.78 is 6.21. The predicted octanol–water partition coefficient (Wildman–Crippen LogP) is 2.25. The van der Waals surface area contributed by atoms with Crippen molar-refractivity contribution in [1.29, 1.82) is 0 Å². The van der Waals surface area contributed by atoms with Gasteiger partial charge in [0, 0.05) is 22.7 Å². The smallest absolute Gasteiger partial charge is 0.316 e. The maximum absolute atomic E-state index is 5.73. The molecule has 0 spiro atoms. The fourth-order valence-electron chi connectivity index (χ4n) is 2.17. The molecule has 0 aliphatic carbocycles. The lowest BCUT2D eigenvalue weighted by molar-refractivity contribution is 0.378. The van der Waals surface area contributed by atoms with Gasteiger partial charge in [0.05, 0.1) is 13.2 Å². The molecule has 3 rings (SSSR count). The minimum atomic E-state index is -0.142. The van der Waals surface area contributed by atoms with Gasteiger partial charge in [0.15, 0.2) is 0 Å². The summed E-state index contributed by atoms with van der Waals surface area (Å²) >= 11 is 1.70. The van der Waals surface area contributed by atoms with Gasteiger partial charge < -0.3 is 4.74 Å². The third-order valence-corrected chi connectivity index (χ3v) is 4.13. The second-order valence-corrected chi connectivity index (χ2v) is 5.20. The number of rotatable bonds is 4. The summed E-state index contributed by atoms with van der Waals surface area (Å²) in [6, 6.07) is 8.45. The van der Waals surface area contributed by atoms with E-state index in [1.165, 1.54) is 10.1 Å². The maximum atomic E-state index is 5.73. The Balaban J connectivity index is 2.04. The number of nitrogens with zero attached hydrogens (tertiary/aromatic N) is 2. The first-order chi connectivity index (χ1) is 9.83. The van der Waals surface area contributed by atoms with Crippen LogP contribution in [0.25, 0.3) is 10.1 Å². The lowest BCUT2D eigenvalue weighted by Gasteiger charge is -2.15. The van der Waals surface area contributed by atoms with E-state index in [1.54, 1.807) is 30.8 Å². The molecule has 0 fully saturated rings. The highest BCUT2D eigenvalue weighted by Crippen LogP contribution is 2.32. The summed E-state index contributed by atoms with van der Waals surface area (Å²) in [6.45, 7) is 0. The monoisotopic (exact) mass is 286 g/mol. The normalized spacial score (nSPS) is 12.5. The molecule has 1 unspecified atom stereocenters. The van der Waals surface area contributed by atoms with Crippen molar-refractivity contribution in [2.75, 3.05) is 7.11 Å². The van der Waals surface area contributed by atoms with Crippen LogP contribution in [0.5, 0.6) is 6.01 Å². The Morgan fingerprint density at radius 2 is 2.00 bits per heavy atom. The number of ether oxygens (including phenoxy) is 1. The summed E-state index contributed by atoms with van der Waals surface area (Å²) in [6.07, 6.45) is 3.45. The minimum Gasteiger partial charge on any atom is -0.467 e. The Bertz CT molecular complexity index is 711. The van der Waals surface area contributed by atoms with Gasteiger partial charge in [-0.3, -0.25) is 5.84 Å². The number of methoxy groups -OCH3 is 1. The minimum absolute atomic E-state index is 0.142. The van der Waals surface area contributed by atoms with Crippen LogP contribution in [-0.2, 0) is 0 Å². The van der Waals surface area contributed by atoms with Gasteiger partial charge in [0.2, 0.25) is 0 Å². The average Bonchev–Trinajstić information content (AvgIpc) is 2.93. The first kappa shape index (κ1) is 13.0. The molecule has 0 aliphatic heterocycles. The number of hydrogen-bond donors (Lipinski definition) is 2. The zero-order chi connectivity index (χ0) is 13.9. The Morgan fingerprint density at radius 3 is 2.70 bits per heavy atom. The molecule has 5 nitrogen and oxygen atoms in total. The number of aromatic nitrogens is 2. The molecule has 20 heavy (non-hydrogen) atoms. The van der Waals surface area contributed by atoms with Crippen LogP contribution >= 0.6 is 11.3 Å². The van der Waals surface area contributed by atoms with Crippen molar-refractivity contribution >= 4 is 21.4 Å². The molecule has 3 aromatic rings. The second kappa shape index (κ2) is 5.54. The SMILES string of the molecule is COc1ncc(C(NN)c2csc3ccccc23)cn1. The number of thiophene rings is 1. The Kier molecular flexibility index (Phi) is 3.60. The van der Waals surface area contributed by atoms with E-state index in [4.69, 9.17) is 10.6 Å². The van der Waals surface area contributed by atoms with Crippen molar-refractivity contribution in [2.24, 2.45) is 5.84 Å². The molecule has 0 saturated carbocycles. The molecule has 0 amide bonds. The lowest BCUT2D eigenvalue weighted by Crippen LogP contribution is -2.28. The zero-order valence-corrected chi connectivity index (χ0v) is 11.7. The summed E-state index contributed by atoms with van der Waals surface area (Å²) in [5, 5.41) is 3.30. The molecular formula is C14H14N4OS. The molecule has 102 valence electrons. The van der Waals surface area contributed by atoms with Gasteiger partial charge >= 0.3 is 6.01 Å². The first-order valence-corrected chi connectivity index (χ1v) is 6.99. The molecule has 2 aromatic heterocycles. The third kappa shape index (κ3) is 2.24. The van der Waals surface area contributed by atoms with Crippen LogP contribution in [0.1, 0.15) is 17.2 Å². The van der Waals surface area contributed by atoms with Crippen molar-refractivity contribution in [2.45, 2.75) is 6.04 Å². The Hall–Kier alpha value is -2.02. The topological polar surface area (TPSA) is 73.1 Å². The quantitative estimate of drug-likeness (QED) is 0.568. The summed E-state index contributed by atoms with van der Waals surface area (Å²) in [4.78, 5) is 8.26. The Labute approximate surface area is 120 Å². The predicted molar refractivity (Wildman–Crippen MR) is 79.6 cm³/mol. The van der Waals surface area contributed by atoms with Crippen LogP contribution < -0.4 is 16.0 Å². The van der Waals surface area contributed by atoms with Crippen molar-refractivity contribution < 1.29 is 4.74 Å². The first-order valence-electron chi connectivity index (χ1n) is 6.11. The number of nitrogens with one attached hydrogen (secondary N) is 1. The van der Waals surface area contributed by atoms with Gasteiger partial charge in [-0.15, -0.1) is 11.3 Å². The Morgan fingerprint density at radius 1 is 1.25 bits per heavy atom. The van der Waals surface area contributed by atoms with Crippen molar-refractivity contribution in [1.82, 2.24) is 15.4 Å². The molecule has 1 atom stereocenters. The van der Waals surface area contributed by atoms with E-state index in [1.807, 2.05) is 12.1 Å². The van der Waals surface area contributed by atoms with E-state index in [9.17, 15) is 0 Å². The standard InChI is InChI=1S/C14H14N4OS/c1-19-14-16-6-9(7-17-14)13(18-15)11-8-20-12-5-3-2-4-10(11)12/h2-8,13,18H,15H2,1H3. The van der Waals surface area contributed by atoms with Crippen molar-refractivity contribution in [3.63, 3.8) is 0 Å². The van der Waals surface area contributed by atoms with Crippen LogP contribution in [0.4, 0.5) is 0 Å². The summed E-state index contributed by atoms with van der Waals surface area (Å²) in [5.41, 5.74) is 4.86. The van der Waals surface area contributed by atoms with E-state index < -0.39 is 0 Å². The molecule has 1 aromatic carbocycles. The van der Waals surface area contributed by atoms with Crippen LogP contribution in [-0.4, -0.2) is 17.1 Å². The molecule has 6 heteroatoms. The average molecular weight is 286 g/mol. The highest BCUT2D eigenvalue weighted by Gasteiger charge is 2.17. The van der Waals surface area contributed by atoms with Gasteiger partial charge in [-0.1, -0.05) is 18.2 Å². The second-order valence-electron chi connectivity index (χ2n) is 4.29. The zero-order valence-electron chi connectivity index (χ0n) is 10.9. The number of hydrogen-bond acceptors (Lipinski definition) is 6. The molecule has 0 aliphatic rings. The largest absolute Gasteiger partial charge is 0.467 e. The highest BCUT2D eigenvalue weighted by atomic mass is 32.1. The fraction of sp³-hybridized carbons (Fsp3) is 0.143. The third-order valence-electron chi connectivity index (χ3n) is 3.15. The molecule has 3 N–H and O–H groups in total. The van der Waals surface area contributed by atoms with Gasteiger partial charge in [-0.05, 0) is 22.4 Å². The van der Waals surface area contributed by atoms with Crippen molar-refractivity contribution in [3.05, 3.63) is 53.2 Å². The number of hydrazine groups is 1. The molecule has 2 heterocycles. The lowest BCUT2D eigenvalue weighted by atomic mass is 10.0. The highest BCUT2D eigenvalue weighted by molar-refractivity contribution is 7.17. The van der Waals surface area contributed by atoms with E-state index in [0.717, 1.165) is 11.1 Å². The molecule has 0 radical (unpaired) electrons. The summed E-state index contributed by atoms with van der Waals surface area (Å²) in [7, 11) is 1.54. The van der Waals surface area contributed by atoms with Gasteiger partial charge in [0.25, 0.3) is 0 Å². The van der Waals surface area contributed by atoms with E-state index in [0.29, 0.717) is 6.01 Å². The molecular weight excluding hydrogens is 272 g/mol. The summed E-state index contributed by atoms with van der Waals surface area (Å²) in [5.74, 6) is 5.73.